The molecule has 3 atom stereocenters. The summed E-state index contributed by atoms with van der Waals surface area (Å²) >= 11 is -1.25. The number of aliphatic carboxylic acids is 1. The fraction of sp³-hybridized carbons (Fsp3) is 0.417. The van der Waals surface area contributed by atoms with Crippen LogP contribution >= 0.6 is 0 Å². The van der Waals surface area contributed by atoms with Gasteiger partial charge in [0.1, 0.15) is 0 Å². The summed E-state index contributed by atoms with van der Waals surface area (Å²) in [7, 11) is 0.399. The smallest absolute Gasteiger partial charge is 0.305 e. The van der Waals surface area contributed by atoms with Crippen LogP contribution in [0, 0.1) is 0 Å². The standard InChI is InChI=1S/C12H16BNO4S/c15-12(16)8-9-6-7-11(13-18-9)14-19(17)10-4-2-1-3-5-10/h1-5,9,11,13-14H,6-8H2,(H,15,16). The summed E-state index contributed by atoms with van der Waals surface area (Å²) in [5.41, 5.74) is 0. The first-order valence-corrected chi connectivity index (χ1v) is 7.36. The van der Waals surface area contributed by atoms with Gasteiger partial charge >= 0.3 is 5.97 Å². The maximum atomic E-state index is 12.0. The molecular weight excluding hydrogens is 265 g/mol. The second-order valence-electron chi connectivity index (χ2n) is 4.53. The number of carbonyl (C=O) groups is 1. The number of hydrogen-bond donors (Lipinski definition) is 2. The van der Waals surface area contributed by atoms with Crippen molar-refractivity contribution in [1.29, 1.82) is 0 Å². The Bertz CT molecular complexity index is 411. The molecule has 0 aromatic heterocycles. The highest BCUT2D eigenvalue weighted by atomic mass is 32.2. The van der Waals surface area contributed by atoms with Crippen LogP contribution in [0.5, 0.6) is 0 Å². The molecule has 1 aliphatic heterocycles. The van der Waals surface area contributed by atoms with Crippen LogP contribution in [-0.2, 0) is 20.8 Å². The van der Waals surface area contributed by atoms with Crippen molar-refractivity contribution < 1.29 is 19.1 Å². The molecule has 1 fully saturated rings. The molecule has 1 aromatic rings. The summed E-state index contributed by atoms with van der Waals surface area (Å²) in [4.78, 5) is 11.3. The zero-order valence-electron chi connectivity index (χ0n) is 10.5. The van der Waals surface area contributed by atoms with E-state index in [9.17, 15) is 9.35 Å². The van der Waals surface area contributed by atoms with E-state index >= 15 is 0 Å². The highest BCUT2D eigenvalue weighted by Gasteiger charge is 2.28. The van der Waals surface area contributed by atoms with Crippen LogP contribution in [0.25, 0.3) is 0 Å². The summed E-state index contributed by atoms with van der Waals surface area (Å²) in [6.07, 6.45) is 1.27. The van der Waals surface area contributed by atoms with Gasteiger partial charge in [0.25, 0.3) is 7.48 Å². The second-order valence-corrected chi connectivity index (χ2v) is 5.77. The molecular formula is C12H16BNO4S. The van der Waals surface area contributed by atoms with Crippen LogP contribution in [0.15, 0.2) is 35.2 Å². The fourth-order valence-corrected chi connectivity index (χ4v) is 3.05. The largest absolute Gasteiger partial charge is 0.593 e. The maximum absolute atomic E-state index is 12.0. The average Bonchev–Trinajstić information content (AvgIpc) is 2.41. The molecule has 0 radical (unpaired) electrons. The van der Waals surface area contributed by atoms with E-state index in [2.05, 4.69) is 4.72 Å². The Hall–Kier alpha value is -1.02. The predicted molar refractivity (Wildman–Crippen MR) is 73.3 cm³/mol. The highest BCUT2D eigenvalue weighted by Crippen LogP contribution is 2.17. The predicted octanol–water partition coefficient (Wildman–Crippen LogP) is 0.630. The summed E-state index contributed by atoms with van der Waals surface area (Å²) in [6, 6.07) is 9.17. The van der Waals surface area contributed by atoms with Crippen molar-refractivity contribution in [2.45, 2.75) is 36.2 Å². The molecule has 102 valence electrons. The molecule has 3 unspecified atom stereocenters. The lowest BCUT2D eigenvalue weighted by Crippen LogP contribution is -2.45. The van der Waals surface area contributed by atoms with E-state index in [0.717, 1.165) is 11.3 Å². The molecule has 2 N–H and O–H groups in total. The van der Waals surface area contributed by atoms with Gasteiger partial charge < -0.3 is 14.3 Å². The topological polar surface area (TPSA) is 81.6 Å². The summed E-state index contributed by atoms with van der Waals surface area (Å²) < 4.78 is 20.5. The Kier molecular flexibility index (Phi) is 5.27. The van der Waals surface area contributed by atoms with Gasteiger partial charge in [-0.05, 0) is 25.0 Å². The van der Waals surface area contributed by atoms with Gasteiger partial charge in [-0.2, -0.15) is 0 Å². The minimum atomic E-state index is -1.25. The van der Waals surface area contributed by atoms with Crippen LogP contribution in [0.2, 0.25) is 0 Å². The lowest BCUT2D eigenvalue weighted by atomic mass is 9.80. The molecule has 5 nitrogen and oxygen atoms in total. The number of nitrogens with one attached hydrogen (secondary N) is 1. The van der Waals surface area contributed by atoms with Gasteiger partial charge in [0.15, 0.2) is 4.90 Å². The zero-order valence-corrected chi connectivity index (χ0v) is 11.3. The quantitative estimate of drug-likeness (QED) is 0.611. The van der Waals surface area contributed by atoms with Gasteiger partial charge in [-0.3, -0.25) is 4.79 Å². The fourth-order valence-electron chi connectivity index (χ4n) is 2.02. The Labute approximate surface area is 115 Å². The molecule has 0 amide bonds. The third-order valence-electron chi connectivity index (χ3n) is 3.00. The molecule has 19 heavy (non-hydrogen) atoms. The monoisotopic (exact) mass is 281 g/mol. The van der Waals surface area contributed by atoms with Gasteiger partial charge in [0.05, 0.1) is 29.8 Å². The molecule has 1 saturated heterocycles. The maximum Gasteiger partial charge on any atom is 0.305 e. The van der Waals surface area contributed by atoms with Gasteiger partial charge in [0, 0.05) is 0 Å². The number of hydrogen-bond acceptors (Lipinski definition) is 4. The molecule has 0 saturated carbocycles. The van der Waals surface area contributed by atoms with Crippen LogP contribution < -0.4 is 4.72 Å². The van der Waals surface area contributed by atoms with Crippen LogP contribution in [0.1, 0.15) is 19.3 Å². The van der Waals surface area contributed by atoms with E-state index in [1.165, 1.54) is 0 Å². The summed E-state index contributed by atoms with van der Waals surface area (Å²) in [5.74, 6) is -0.838. The number of benzene rings is 1. The Morgan fingerprint density at radius 1 is 1.47 bits per heavy atom. The summed E-state index contributed by atoms with van der Waals surface area (Å²) in [5, 5.41) is 8.68. The van der Waals surface area contributed by atoms with Crippen molar-refractivity contribution in [3.05, 3.63) is 30.3 Å². The normalized spacial score (nSPS) is 24.5. The highest BCUT2D eigenvalue weighted by molar-refractivity contribution is 7.89. The second kappa shape index (κ2) is 6.95. The molecule has 0 spiro atoms. The number of carboxylic acid groups (broad SMARTS) is 1. The molecule has 0 bridgehead atoms. The van der Waals surface area contributed by atoms with Crippen LogP contribution in [-0.4, -0.2) is 35.2 Å². The Morgan fingerprint density at radius 3 is 2.79 bits per heavy atom. The van der Waals surface area contributed by atoms with Crippen LogP contribution in [0.3, 0.4) is 0 Å². The minimum Gasteiger partial charge on any atom is -0.593 e. The van der Waals surface area contributed by atoms with Crippen molar-refractivity contribution in [1.82, 2.24) is 4.72 Å². The summed E-state index contributed by atoms with van der Waals surface area (Å²) in [6.45, 7) is 0. The molecule has 7 heteroatoms. The Balaban J connectivity index is 1.78. The third kappa shape index (κ3) is 4.54. The van der Waals surface area contributed by atoms with E-state index in [-0.39, 0.29) is 18.5 Å². The first kappa shape index (κ1) is 14.4. The molecule has 1 aromatic carbocycles. The number of carboxylic acids is 1. The first-order chi connectivity index (χ1) is 9.15. The van der Waals surface area contributed by atoms with Crippen LogP contribution in [0.4, 0.5) is 0 Å². The van der Waals surface area contributed by atoms with Gasteiger partial charge in [-0.1, -0.05) is 18.2 Å². The van der Waals surface area contributed by atoms with Gasteiger partial charge in [-0.15, -0.1) is 4.72 Å². The molecule has 1 heterocycles. The lowest BCUT2D eigenvalue weighted by Gasteiger charge is -2.27. The van der Waals surface area contributed by atoms with E-state index in [1.807, 2.05) is 18.2 Å². The SMILES string of the molecule is O=C(O)CC1CCC(N[S+]([O-])c2ccccc2)BO1. The van der Waals surface area contributed by atoms with E-state index in [1.54, 1.807) is 12.1 Å². The van der Waals surface area contributed by atoms with Crippen molar-refractivity contribution >= 4 is 24.8 Å². The minimum absolute atomic E-state index is 0.00563. The molecule has 0 aliphatic carbocycles. The van der Waals surface area contributed by atoms with E-state index in [4.69, 9.17) is 9.76 Å². The Morgan fingerprint density at radius 2 is 2.21 bits per heavy atom. The van der Waals surface area contributed by atoms with Crippen molar-refractivity contribution in [2.75, 3.05) is 0 Å². The average molecular weight is 281 g/mol. The zero-order chi connectivity index (χ0) is 13.7. The van der Waals surface area contributed by atoms with Gasteiger partial charge in [0.2, 0.25) is 0 Å². The van der Waals surface area contributed by atoms with E-state index < -0.39 is 17.3 Å². The lowest BCUT2D eigenvalue weighted by molar-refractivity contribution is -0.139. The van der Waals surface area contributed by atoms with Crippen molar-refractivity contribution in [3.8, 4) is 0 Å². The third-order valence-corrected chi connectivity index (χ3v) is 4.25. The van der Waals surface area contributed by atoms with E-state index in [0.29, 0.717) is 13.9 Å². The first-order valence-electron chi connectivity index (χ1n) is 6.21. The van der Waals surface area contributed by atoms with Crippen molar-refractivity contribution in [2.24, 2.45) is 0 Å². The van der Waals surface area contributed by atoms with Crippen molar-refractivity contribution in [3.63, 3.8) is 0 Å². The molecule has 1 aliphatic rings. The number of rotatable bonds is 5. The van der Waals surface area contributed by atoms with Gasteiger partial charge in [-0.25, -0.2) is 0 Å². The molecule has 2 rings (SSSR count).